The topological polar surface area (TPSA) is 91.5 Å². The van der Waals surface area contributed by atoms with E-state index in [-0.39, 0.29) is 11.9 Å². The maximum absolute atomic E-state index is 13.0. The molecule has 3 aromatic rings. The second-order valence-corrected chi connectivity index (χ2v) is 10.3. The molecule has 6 rings (SSSR count). The van der Waals surface area contributed by atoms with Crippen LogP contribution in [-0.2, 0) is 12.8 Å². The van der Waals surface area contributed by atoms with Crippen molar-refractivity contribution < 1.29 is 14.3 Å². The first-order chi connectivity index (χ1) is 17.1. The Bertz CT molecular complexity index is 1170. The van der Waals surface area contributed by atoms with Crippen molar-refractivity contribution >= 4 is 5.91 Å². The molecule has 35 heavy (non-hydrogen) atoms. The van der Waals surface area contributed by atoms with E-state index in [1.165, 1.54) is 5.56 Å². The summed E-state index contributed by atoms with van der Waals surface area (Å²) < 4.78 is 5.74. The highest BCUT2D eigenvalue weighted by molar-refractivity contribution is 5.94. The highest BCUT2D eigenvalue weighted by Gasteiger charge is 2.59. The van der Waals surface area contributed by atoms with Crippen molar-refractivity contribution in [3.8, 4) is 0 Å². The molecule has 7 nitrogen and oxygen atoms in total. The third-order valence-corrected chi connectivity index (χ3v) is 8.03. The summed E-state index contributed by atoms with van der Waals surface area (Å²) in [6.07, 6.45) is 3.15. The number of benzene rings is 2. The van der Waals surface area contributed by atoms with Crippen LogP contribution in [0.5, 0.6) is 0 Å². The molecule has 2 saturated heterocycles. The molecule has 3 heterocycles. The lowest BCUT2D eigenvalue weighted by molar-refractivity contribution is 0.0771. The van der Waals surface area contributed by atoms with E-state index in [2.05, 4.69) is 27.6 Å². The molecular weight excluding hydrogens is 440 g/mol. The summed E-state index contributed by atoms with van der Waals surface area (Å²) >= 11 is 0. The summed E-state index contributed by atoms with van der Waals surface area (Å²) in [5.74, 6) is 2.73. The number of rotatable bonds is 7. The highest BCUT2D eigenvalue weighted by atomic mass is 16.4. The van der Waals surface area contributed by atoms with Crippen LogP contribution in [0.15, 0.2) is 59.0 Å². The fraction of sp³-hybridized carbons (Fsp3) is 0.464. The van der Waals surface area contributed by atoms with Crippen molar-refractivity contribution in [3.63, 3.8) is 0 Å². The van der Waals surface area contributed by atoms with E-state index in [1.807, 2.05) is 54.3 Å². The number of aryl methyl sites for hydroxylation is 1. The predicted octanol–water partition coefficient (Wildman–Crippen LogP) is 3.51. The summed E-state index contributed by atoms with van der Waals surface area (Å²) in [7, 11) is 0. The second kappa shape index (κ2) is 9.21. The molecule has 1 amide bonds. The normalized spacial score (nSPS) is 28.2. The molecule has 3 fully saturated rings. The Labute approximate surface area is 205 Å². The molecule has 0 bridgehead atoms. The molecule has 0 spiro atoms. The number of amides is 1. The molecule has 2 aromatic carbocycles. The monoisotopic (exact) mass is 472 g/mol. The van der Waals surface area contributed by atoms with E-state index in [0.29, 0.717) is 29.7 Å². The number of carbonyl (C=O) groups is 1. The zero-order valence-corrected chi connectivity index (χ0v) is 20.0. The van der Waals surface area contributed by atoms with Gasteiger partial charge in [0.1, 0.15) is 0 Å². The Balaban J connectivity index is 1.01. The van der Waals surface area contributed by atoms with Crippen LogP contribution in [0.25, 0.3) is 0 Å². The molecule has 0 unspecified atom stereocenters. The molecule has 6 atom stereocenters. The van der Waals surface area contributed by atoms with Crippen LogP contribution in [-0.4, -0.2) is 51.3 Å². The van der Waals surface area contributed by atoms with Gasteiger partial charge in [-0.2, -0.15) is 0 Å². The fourth-order valence-corrected chi connectivity index (χ4v) is 6.00. The second-order valence-electron chi connectivity index (χ2n) is 10.3. The van der Waals surface area contributed by atoms with E-state index in [4.69, 9.17) is 4.42 Å². The Morgan fingerprint density at radius 2 is 1.83 bits per heavy atom. The fourth-order valence-electron chi connectivity index (χ4n) is 6.00. The third-order valence-electron chi connectivity index (χ3n) is 8.03. The van der Waals surface area contributed by atoms with Crippen molar-refractivity contribution in [3.05, 3.63) is 83.1 Å². The van der Waals surface area contributed by atoms with Crippen molar-refractivity contribution in [2.45, 2.75) is 56.7 Å². The standard InChI is InChI=1S/C28H32N4O3/c1-2-24-30-31-27(35-24)25-21-15-32(16-22(21)25)28(34)19-10-8-17(9-11-19)14-20-12-13-23(29-20)26(33)18-6-4-3-5-7-18/h3-11,20-23,25-26,29,33H,2,12-16H2,1H3/t20-,21-,22+,23+,25+,26+/m0/s1. The minimum absolute atomic E-state index is 0.0781. The van der Waals surface area contributed by atoms with Gasteiger partial charge in [0.15, 0.2) is 0 Å². The van der Waals surface area contributed by atoms with Gasteiger partial charge in [-0.05, 0) is 54.4 Å². The van der Waals surface area contributed by atoms with Gasteiger partial charge >= 0.3 is 0 Å². The summed E-state index contributed by atoms with van der Waals surface area (Å²) in [5.41, 5.74) is 2.91. The zero-order valence-electron chi connectivity index (χ0n) is 20.0. The van der Waals surface area contributed by atoms with Crippen molar-refractivity contribution in [2.24, 2.45) is 11.8 Å². The molecule has 3 aliphatic rings. The van der Waals surface area contributed by atoms with Crippen LogP contribution in [0.2, 0.25) is 0 Å². The largest absolute Gasteiger partial charge is 0.425 e. The van der Waals surface area contributed by atoms with Crippen molar-refractivity contribution in [2.75, 3.05) is 13.1 Å². The molecule has 7 heteroatoms. The number of carbonyl (C=O) groups excluding carboxylic acids is 1. The first-order valence-corrected chi connectivity index (χ1v) is 12.8. The van der Waals surface area contributed by atoms with E-state index < -0.39 is 6.10 Å². The number of fused-ring (bicyclic) bond motifs is 1. The summed E-state index contributed by atoms with van der Waals surface area (Å²) in [6, 6.07) is 18.3. The molecule has 1 aliphatic carbocycles. The van der Waals surface area contributed by atoms with Gasteiger partial charge in [0.25, 0.3) is 5.91 Å². The maximum Gasteiger partial charge on any atom is 0.253 e. The Hall–Kier alpha value is -3.03. The van der Waals surface area contributed by atoms with Crippen molar-refractivity contribution in [1.82, 2.24) is 20.4 Å². The molecule has 1 aromatic heterocycles. The molecule has 182 valence electrons. The van der Waals surface area contributed by atoms with Crippen LogP contribution in [0, 0.1) is 11.8 Å². The van der Waals surface area contributed by atoms with Gasteiger partial charge in [-0.15, -0.1) is 10.2 Å². The molecular formula is C28H32N4O3. The van der Waals surface area contributed by atoms with Gasteiger partial charge in [0.05, 0.1) is 6.10 Å². The van der Waals surface area contributed by atoms with Crippen LogP contribution < -0.4 is 5.32 Å². The molecule has 0 radical (unpaired) electrons. The smallest absolute Gasteiger partial charge is 0.253 e. The Morgan fingerprint density at radius 3 is 2.51 bits per heavy atom. The average Bonchev–Trinajstić information content (AvgIpc) is 3.37. The number of nitrogens with zero attached hydrogens (tertiary/aromatic N) is 3. The quantitative estimate of drug-likeness (QED) is 0.547. The number of likely N-dealkylation sites (tertiary alicyclic amines) is 1. The number of piperidine rings is 1. The van der Waals surface area contributed by atoms with Gasteiger partial charge in [0, 0.05) is 43.1 Å². The van der Waals surface area contributed by atoms with Gasteiger partial charge in [-0.25, -0.2) is 0 Å². The minimum atomic E-state index is -0.485. The average molecular weight is 473 g/mol. The lowest BCUT2D eigenvalue weighted by Crippen LogP contribution is -2.35. The lowest BCUT2D eigenvalue weighted by Gasteiger charge is -2.21. The third kappa shape index (κ3) is 4.39. The number of aliphatic hydroxyl groups is 1. The number of hydrogen-bond donors (Lipinski definition) is 2. The van der Waals surface area contributed by atoms with E-state index in [0.717, 1.165) is 55.8 Å². The van der Waals surface area contributed by atoms with E-state index in [1.54, 1.807) is 0 Å². The SMILES string of the molecule is CCc1nnc([C@H]2[C@@H]3CN(C(=O)c4ccc(C[C@@H]5CC[C@H]([C@H](O)c6ccccc6)N5)cc4)C[C@@H]32)o1. The van der Waals surface area contributed by atoms with Crippen LogP contribution in [0.4, 0.5) is 0 Å². The Kier molecular flexibility index (Phi) is 5.90. The van der Waals surface area contributed by atoms with E-state index >= 15 is 0 Å². The highest BCUT2D eigenvalue weighted by Crippen LogP contribution is 2.57. The van der Waals surface area contributed by atoms with Crippen LogP contribution in [0.1, 0.15) is 65.1 Å². The van der Waals surface area contributed by atoms with Gasteiger partial charge in [0.2, 0.25) is 11.8 Å². The van der Waals surface area contributed by atoms with Gasteiger partial charge < -0.3 is 19.7 Å². The first kappa shape index (κ1) is 22.4. The Morgan fingerprint density at radius 1 is 1.09 bits per heavy atom. The number of nitrogens with one attached hydrogen (secondary N) is 1. The van der Waals surface area contributed by atoms with Gasteiger partial charge in [-0.1, -0.05) is 49.4 Å². The number of hydrogen-bond acceptors (Lipinski definition) is 6. The summed E-state index contributed by atoms with van der Waals surface area (Å²) in [4.78, 5) is 15.0. The number of aliphatic hydroxyl groups excluding tert-OH is 1. The van der Waals surface area contributed by atoms with Crippen molar-refractivity contribution in [1.29, 1.82) is 0 Å². The zero-order chi connectivity index (χ0) is 23.9. The van der Waals surface area contributed by atoms with E-state index in [9.17, 15) is 9.90 Å². The summed E-state index contributed by atoms with van der Waals surface area (Å²) in [6.45, 7) is 3.53. The van der Waals surface area contributed by atoms with Crippen LogP contribution >= 0.6 is 0 Å². The maximum atomic E-state index is 13.0. The van der Waals surface area contributed by atoms with Crippen LogP contribution in [0.3, 0.4) is 0 Å². The summed E-state index contributed by atoms with van der Waals surface area (Å²) in [5, 5.41) is 22.6. The molecule has 2 aliphatic heterocycles. The number of aromatic nitrogens is 2. The van der Waals surface area contributed by atoms with Gasteiger partial charge in [-0.3, -0.25) is 4.79 Å². The molecule has 1 saturated carbocycles. The predicted molar refractivity (Wildman–Crippen MR) is 131 cm³/mol. The lowest BCUT2D eigenvalue weighted by atomic mass is 10.0. The molecule has 2 N–H and O–H groups in total. The minimum Gasteiger partial charge on any atom is -0.425 e. The first-order valence-electron chi connectivity index (χ1n) is 12.8.